The molecule has 0 aliphatic carbocycles. The van der Waals surface area contributed by atoms with Gasteiger partial charge in [-0.1, -0.05) is 108 Å². The van der Waals surface area contributed by atoms with E-state index in [4.69, 9.17) is 4.12 Å². The summed E-state index contributed by atoms with van der Waals surface area (Å²) < 4.78 is 7.80. The van der Waals surface area contributed by atoms with Gasteiger partial charge in [0.05, 0.1) is 0 Å². The van der Waals surface area contributed by atoms with Gasteiger partial charge in [0.15, 0.2) is 16.6 Å². The Hall–Kier alpha value is 0.394. The third-order valence-electron chi connectivity index (χ3n) is 7.45. The molecule has 0 bridgehead atoms. The molecule has 0 spiro atoms. The Morgan fingerprint density at radius 1 is 0.520 bits per heavy atom. The van der Waals surface area contributed by atoms with Crippen LogP contribution in [0, 0.1) is 0 Å². The van der Waals surface area contributed by atoms with E-state index < -0.39 is 16.6 Å². The Balaban J connectivity index is 6.26. The Morgan fingerprint density at radius 3 is 0.920 bits per heavy atom. The van der Waals surface area contributed by atoms with E-state index in [2.05, 4.69) is 69.2 Å². The minimum Gasteiger partial charge on any atom is -0.454 e. The standard InChI is InChI=1S/C22H50OSi2/c1-11-17-24(19(7)13-3,20(8)14-4)23-25(18-12-2,21(9)15-5)22(10)16-6/h19-22H,11-18H2,1-10H3. The molecule has 25 heavy (non-hydrogen) atoms. The number of hydrogen-bond donors (Lipinski definition) is 0. The molecule has 0 radical (unpaired) electrons. The maximum Gasteiger partial charge on any atom is 0.185 e. The lowest BCUT2D eigenvalue weighted by atomic mass is 10.3. The first-order chi connectivity index (χ1) is 11.8. The topological polar surface area (TPSA) is 9.23 Å². The number of hydrogen-bond acceptors (Lipinski definition) is 1. The molecule has 0 heterocycles. The van der Waals surface area contributed by atoms with E-state index in [0.29, 0.717) is 0 Å². The van der Waals surface area contributed by atoms with Crippen molar-refractivity contribution in [3.8, 4) is 0 Å². The Labute approximate surface area is 163 Å². The van der Waals surface area contributed by atoms with Crippen LogP contribution in [0.3, 0.4) is 0 Å². The van der Waals surface area contributed by atoms with Crippen molar-refractivity contribution in [2.45, 2.75) is 142 Å². The molecule has 0 aromatic carbocycles. The molecular formula is C22H50OSi2. The van der Waals surface area contributed by atoms with E-state index in [1.54, 1.807) is 0 Å². The van der Waals surface area contributed by atoms with Crippen molar-refractivity contribution in [2.75, 3.05) is 0 Å². The summed E-state index contributed by atoms with van der Waals surface area (Å²) in [5.74, 6) is 0. The highest BCUT2D eigenvalue weighted by Gasteiger charge is 2.53. The second-order valence-electron chi connectivity index (χ2n) is 8.75. The molecule has 0 aliphatic heterocycles. The van der Waals surface area contributed by atoms with Crippen molar-refractivity contribution in [3.63, 3.8) is 0 Å². The monoisotopic (exact) mass is 386 g/mol. The molecule has 0 fully saturated rings. The Morgan fingerprint density at radius 2 is 0.760 bits per heavy atom. The maximum absolute atomic E-state index is 7.80. The highest BCUT2D eigenvalue weighted by atomic mass is 28.4. The van der Waals surface area contributed by atoms with Gasteiger partial charge in [-0.3, -0.25) is 0 Å². The summed E-state index contributed by atoms with van der Waals surface area (Å²) in [6, 6.07) is 2.73. The van der Waals surface area contributed by atoms with Gasteiger partial charge in [0.2, 0.25) is 0 Å². The molecule has 0 N–H and O–H groups in total. The average Bonchev–Trinajstić information content (AvgIpc) is 2.63. The Kier molecular flexibility index (Phi) is 12.2. The van der Waals surface area contributed by atoms with E-state index in [0.717, 1.165) is 22.2 Å². The van der Waals surface area contributed by atoms with Crippen LogP contribution in [0.25, 0.3) is 0 Å². The maximum atomic E-state index is 7.80. The third kappa shape index (κ3) is 5.68. The fourth-order valence-corrected chi connectivity index (χ4v) is 20.1. The van der Waals surface area contributed by atoms with Crippen molar-refractivity contribution in [1.82, 2.24) is 0 Å². The molecule has 0 aromatic heterocycles. The van der Waals surface area contributed by atoms with Crippen molar-refractivity contribution in [2.24, 2.45) is 0 Å². The molecular weight excluding hydrogens is 336 g/mol. The van der Waals surface area contributed by atoms with E-state index in [1.807, 2.05) is 0 Å². The molecule has 0 saturated heterocycles. The zero-order chi connectivity index (χ0) is 19.7. The predicted molar refractivity (Wildman–Crippen MR) is 122 cm³/mol. The minimum atomic E-state index is -1.77. The Bertz CT molecular complexity index is 293. The zero-order valence-corrected chi connectivity index (χ0v) is 21.4. The summed E-state index contributed by atoms with van der Waals surface area (Å²) in [6.45, 7) is 24.4. The van der Waals surface area contributed by atoms with Crippen LogP contribution in [0.1, 0.15) is 108 Å². The van der Waals surface area contributed by atoms with Gasteiger partial charge in [0.25, 0.3) is 0 Å². The van der Waals surface area contributed by atoms with Crippen molar-refractivity contribution >= 4 is 16.6 Å². The molecule has 0 aromatic rings. The predicted octanol–water partition coefficient (Wildman–Crippen LogP) is 8.91. The zero-order valence-electron chi connectivity index (χ0n) is 19.4. The molecule has 152 valence electrons. The van der Waals surface area contributed by atoms with Crippen LogP contribution in [0.5, 0.6) is 0 Å². The number of rotatable bonds is 14. The normalized spacial score (nSPS) is 21.8. The van der Waals surface area contributed by atoms with Gasteiger partial charge in [0, 0.05) is 0 Å². The molecule has 0 amide bonds. The van der Waals surface area contributed by atoms with Crippen LogP contribution in [-0.4, -0.2) is 16.6 Å². The van der Waals surface area contributed by atoms with E-state index in [9.17, 15) is 0 Å². The highest BCUT2D eigenvalue weighted by Crippen LogP contribution is 2.50. The van der Waals surface area contributed by atoms with Crippen LogP contribution < -0.4 is 0 Å². The lowest BCUT2D eigenvalue weighted by Gasteiger charge is -2.52. The summed E-state index contributed by atoms with van der Waals surface area (Å²) in [5.41, 5.74) is 3.11. The lowest BCUT2D eigenvalue weighted by Crippen LogP contribution is -2.59. The van der Waals surface area contributed by atoms with Gasteiger partial charge >= 0.3 is 0 Å². The molecule has 4 atom stereocenters. The fourth-order valence-electron chi connectivity index (χ4n) is 4.98. The summed E-state index contributed by atoms with van der Waals surface area (Å²) in [5, 5.41) is 0. The van der Waals surface area contributed by atoms with Gasteiger partial charge in [0.1, 0.15) is 0 Å². The van der Waals surface area contributed by atoms with Crippen LogP contribution in [-0.2, 0) is 4.12 Å². The lowest BCUT2D eigenvalue weighted by molar-refractivity contribution is 0.422. The third-order valence-corrected chi connectivity index (χ3v) is 21.4. The summed E-state index contributed by atoms with van der Waals surface area (Å²) in [4.78, 5) is 0. The quantitative estimate of drug-likeness (QED) is 0.271. The summed E-state index contributed by atoms with van der Waals surface area (Å²) in [6.07, 6.45) is 7.72. The first-order valence-corrected chi connectivity index (χ1v) is 16.0. The van der Waals surface area contributed by atoms with Gasteiger partial charge in [-0.15, -0.1) is 0 Å². The second-order valence-corrected chi connectivity index (χ2v) is 18.3. The first-order valence-electron chi connectivity index (χ1n) is 11.5. The van der Waals surface area contributed by atoms with Crippen molar-refractivity contribution < 1.29 is 4.12 Å². The molecule has 3 heteroatoms. The molecule has 0 saturated carbocycles. The van der Waals surface area contributed by atoms with Crippen molar-refractivity contribution in [3.05, 3.63) is 0 Å². The fraction of sp³-hybridized carbons (Fsp3) is 1.00. The minimum absolute atomic E-state index is 0.777. The van der Waals surface area contributed by atoms with Crippen LogP contribution in [0.4, 0.5) is 0 Å². The van der Waals surface area contributed by atoms with Crippen LogP contribution >= 0.6 is 0 Å². The molecule has 0 rings (SSSR count). The molecule has 1 nitrogen and oxygen atoms in total. The van der Waals surface area contributed by atoms with E-state index in [-0.39, 0.29) is 0 Å². The smallest absolute Gasteiger partial charge is 0.185 e. The second kappa shape index (κ2) is 12.0. The summed E-state index contributed by atoms with van der Waals surface area (Å²) in [7, 11) is -3.54. The van der Waals surface area contributed by atoms with Crippen LogP contribution in [0.15, 0.2) is 0 Å². The van der Waals surface area contributed by atoms with Gasteiger partial charge in [-0.2, -0.15) is 0 Å². The first kappa shape index (κ1) is 25.4. The van der Waals surface area contributed by atoms with Gasteiger partial charge < -0.3 is 4.12 Å². The molecule has 0 aliphatic rings. The average molecular weight is 387 g/mol. The van der Waals surface area contributed by atoms with Gasteiger partial charge in [-0.05, 0) is 34.3 Å². The van der Waals surface area contributed by atoms with E-state index in [1.165, 1.54) is 50.6 Å². The van der Waals surface area contributed by atoms with Gasteiger partial charge in [-0.25, -0.2) is 0 Å². The van der Waals surface area contributed by atoms with Crippen molar-refractivity contribution in [1.29, 1.82) is 0 Å². The van der Waals surface area contributed by atoms with Crippen LogP contribution in [0.2, 0.25) is 34.3 Å². The summed E-state index contributed by atoms with van der Waals surface area (Å²) >= 11 is 0. The highest BCUT2D eigenvalue weighted by molar-refractivity contribution is 6.89. The molecule has 4 unspecified atom stereocenters. The largest absolute Gasteiger partial charge is 0.454 e. The van der Waals surface area contributed by atoms with E-state index >= 15 is 0 Å². The SMILES string of the molecule is CCC[Si](O[Si](CCC)(C(C)CC)C(C)CC)(C(C)CC)C(C)CC.